The number of halogens is 1. The summed E-state index contributed by atoms with van der Waals surface area (Å²) in [5.41, 5.74) is 0.271. The fourth-order valence-corrected chi connectivity index (χ4v) is 4.14. The molecular formula is C19H20ClNO6S. The van der Waals surface area contributed by atoms with Gasteiger partial charge >= 0.3 is 5.97 Å². The third-order valence-electron chi connectivity index (χ3n) is 4.10. The first-order valence-electron chi connectivity index (χ1n) is 8.70. The lowest BCUT2D eigenvalue weighted by molar-refractivity contribution is 0.0450. The van der Waals surface area contributed by atoms with Gasteiger partial charge in [0, 0.05) is 18.1 Å². The van der Waals surface area contributed by atoms with E-state index in [1.807, 2.05) is 0 Å². The van der Waals surface area contributed by atoms with Crippen LogP contribution >= 0.6 is 11.6 Å². The Morgan fingerprint density at radius 2 is 1.64 bits per heavy atom. The van der Waals surface area contributed by atoms with E-state index < -0.39 is 16.0 Å². The topological polar surface area (TPSA) is 82.1 Å². The first kappa shape index (κ1) is 20.6. The fraction of sp³-hybridized carbons (Fsp3) is 0.316. The molecule has 0 aromatic heterocycles. The number of carbonyl (C=O) groups excluding carboxylic acids is 1. The van der Waals surface area contributed by atoms with Crippen molar-refractivity contribution in [1.29, 1.82) is 0 Å². The number of ether oxygens (including phenoxy) is 3. The van der Waals surface area contributed by atoms with E-state index in [2.05, 4.69) is 0 Å². The summed E-state index contributed by atoms with van der Waals surface area (Å²) in [5.74, 6) is 0.0770. The van der Waals surface area contributed by atoms with E-state index in [9.17, 15) is 13.2 Å². The van der Waals surface area contributed by atoms with E-state index in [0.717, 1.165) is 0 Å². The van der Waals surface area contributed by atoms with Gasteiger partial charge in [-0.1, -0.05) is 11.6 Å². The van der Waals surface area contributed by atoms with Crippen molar-refractivity contribution >= 4 is 27.6 Å². The molecule has 1 fully saturated rings. The number of sulfonamides is 1. The van der Waals surface area contributed by atoms with Crippen molar-refractivity contribution in [1.82, 2.24) is 4.31 Å². The Morgan fingerprint density at radius 1 is 1.00 bits per heavy atom. The Morgan fingerprint density at radius 3 is 2.29 bits per heavy atom. The molecule has 9 heteroatoms. The lowest BCUT2D eigenvalue weighted by Gasteiger charge is -2.26. The zero-order valence-electron chi connectivity index (χ0n) is 15.0. The highest BCUT2D eigenvalue weighted by molar-refractivity contribution is 7.89. The SMILES string of the molecule is O=C(OCCOc1ccc(Cl)cc1)c1ccc(S(=O)(=O)N2CCOCC2)cc1. The molecule has 7 nitrogen and oxygen atoms in total. The van der Waals surface area contributed by atoms with Crippen LogP contribution in [0.5, 0.6) is 5.75 Å². The minimum atomic E-state index is -3.59. The van der Waals surface area contributed by atoms with Crippen LogP contribution in [0, 0.1) is 0 Å². The van der Waals surface area contributed by atoms with E-state index >= 15 is 0 Å². The molecule has 2 aromatic rings. The highest BCUT2D eigenvalue weighted by atomic mass is 35.5. The largest absolute Gasteiger partial charge is 0.490 e. The molecule has 1 aliphatic rings. The molecule has 0 spiro atoms. The molecule has 1 saturated heterocycles. The van der Waals surface area contributed by atoms with Crippen LogP contribution in [0.1, 0.15) is 10.4 Å². The number of hydrogen-bond donors (Lipinski definition) is 0. The summed E-state index contributed by atoms with van der Waals surface area (Å²) in [6, 6.07) is 12.5. The quantitative estimate of drug-likeness (QED) is 0.501. The average Bonchev–Trinajstić information content (AvgIpc) is 2.73. The van der Waals surface area contributed by atoms with Crippen LogP contribution in [0.25, 0.3) is 0 Å². The van der Waals surface area contributed by atoms with Gasteiger partial charge in [0.15, 0.2) is 0 Å². The third kappa shape index (κ3) is 5.23. The van der Waals surface area contributed by atoms with Gasteiger partial charge in [-0.25, -0.2) is 13.2 Å². The van der Waals surface area contributed by atoms with E-state index in [1.54, 1.807) is 24.3 Å². The Bertz CT molecular complexity index is 893. The standard InChI is InChI=1S/C19H20ClNO6S/c20-16-3-5-17(6-4-16)26-13-14-27-19(22)15-1-7-18(8-2-15)28(23,24)21-9-11-25-12-10-21/h1-8H,9-14H2. The summed E-state index contributed by atoms with van der Waals surface area (Å²) in [7, 11) is -3.59. The fourth-order valence-electron chi connectivity index (χ4n) is 2.61. The van der Waals surface area contributed by atoms with Crippen molar-refractivity contribution < 1.29 is 27.4 Å². The monoisotopic (exact) mass is 425 g/mol. The van der Waals surface area contributed by atoms with Crippen molar-refractivity contribution in [3.8, 4) is 5.75 Å². The van der Waals surface area contributed by atoms with E-state index in [-0.39, 0.29) is 23.7 Å². The highest BCUT2D eigenvalue weighted by Gasteiger charge is 2.26. The van der Waals surface area contributed by atoms with Crippen LogP contribution < -0.4 is 4.74 Å². The molecule has 0 bridgehead atoms. The number of esters is 1. The lowest BCUT2D eigenvalue weighted by atomic mass is 10.2. The molecule has 28 heavy (non-hydrogen) atoms. The zero-order valence-corrected chi connectivity index (χ0v) is 16.6. The minimum absolute atomic E-state index is 0.0648. The maximum atomic E-state index is 12.6. The number of morpholine rings is 1. The van der Waals surface area contributed by atoms with Crippen LogP contribution in [0.15, 0.2) is 53.4 Å². The first-order valence-corrected chi connectivity index (χ1v) is 10.5. The number of nitrogens with zero attached hydrogens (tertiary/aromatic N) is 1. The summed E-state index contributed by atoms with van der Waals surface area (Å²) in [6.45, 7) is 1.65. The smallest absolute Gasteiger partial charge is 0.338 e. The van der Waals surface area contributed by atoms with Gasteiger partial charge in [-0.3, -0.25) is 0 Å². The highest BCUT2D eigenvalue weighted by Crippen LogP contribution is 2.18. The van der Waals surface area contributed by atoms with Crippen LogP contribution in [-0.2, 0) is 19.5 Å². The number of benzene rings is 2. The summed E-state index contributed by atoms with van der Waals surface area (Å²) in [4.78, 5) is 12.2. The van der Waals surface area contributed by atoms with Crippen molar-refractivity contribution in [2.45, 2.75) is 4.90 Å². The molecule has 0 radical (unpaired) electrons. The normalized spacial score (nSPS) is 15.2. The van der Waals surface area contributed by atoms with Crippen molar-refractivity contribution in [3.63, 3.8) is 0 Å². The van der Waals surface area contributed by atoms with Crippen LogP contribution in [-0.4, -0.2) is 58.2 Å². The lowest BCUT2D eigenvalue weighted by Crippen LogP contribution is -2.40. The number of hydrogen-bond acceptors (Lipinski definition) is 6. The molecule has 1 aliphatic heterocycles. The maximum Gasteiger partial charge on any atom is 0.338 e. The zero-order chi connectivity index (χ0) is 20.0. The second-order valence-electron chi connectivity index (χ2n) is 5.98. The number of rotatable bonds is 7. The predicted octanol–water partition coefficient (Wildman–Crippen LogP) is 2.60. The molecule has 0 amide bonds. The Hall–Kier alpha value is -2.13. The van der Waals surface area contributed by atoms with Crippen molar-refractivity contribution in [3.05, 3.63) is 59.1 Å². The van der Waals surface area contributed by atoms with Gasteiger partial charge in [0.1, 0.15) is 19.0 Å². The summed E-state index contributed by atoms with van der Waals surface area (Å²) in [6.07, 6.45) is 0. The van der Waals surface area contributed by atoms with Crippen LogP contribution in [0.2, 0.25) is 5.02 Å². The maximum absolute atomic E-state index is 12.6. The molecule has 0 saturated carbocycles. The minimum Gasteiger partial charge on any atom is -0.490 e. The van der Waals surface area contributed by atoms with Crippen molar-refractivity contribution in [2.75, 3.05) is 39.5 Å². The summed E-state index contributed by atoms with van der Waals surface area (Å²) in [5, 5.41) is 0.609. The molecule has 150 valence electrons. The van der Waals surface area contributed by atoms with Crippen molar-refractivity contribution in [2.24, 2.45) is 0 Å². The molecule has 2 aromatic carbocycles. The molecule has 1 heterocycles. The summed E-state index contributed by atoms with van der Waals surface area (Å²) < 4.78 is 42.3. The molecule has 0 unspecified atom stereocenters. The Labute approximate surface area is 168 Å². The molecule has 0 aliphatic carbocycles. The average molecular weight is 426 g/mol. The second-order valence-corrected chi connectivity index (χ2v) is 8.35. The summed E-state index contributed by atoms with van der Waals surface area (Å²) >= 11 is 5.79. The van der Waals surface area contributed by atoms with Gasteiger partial charge < -0.3 is 14.2 Å². The third-order valence-corrected chi connectivity index (χ3v) is 6.26. The van der Waals surface area contributed by atoms with Gasteiger partial charge in [0.2, 0.25) is 10.0 Å². The molecule has 3 rings (SSSR count). The van der Waals surface area contributed by atoms with E-state index in [1.165, 1.54) is 28.6 Å². The van der Waals surface area contributed by atoms with Gasteiger partial charge in [-0.05, 0) is 48.5 Å². The molecule has 0 N–H and O–H groups in total. The second kappa shape index (κ2) is 9.38. The van der Waals surface area contributed by atoms with Crippen LogP contribution in [0.3, 0.4) is 0 Å². The first-order chi connectivity index (χ1) is 13.5. The van der Waals surface area contributed by atoms with Gasteiger partial charge in [0.25, 0.3) is 0 Å². The number of carbonyl (C=O) groups is 1. The Balaban J connectivity index is 1.51. The Kier molecular flexibility index (Phi) is 6.90. The van der Waals surface area contributed by atoms with Gasteiger partial charge in [-0.2, -0.15) is 4.31 Å². The van der Waals surface area contributed by atoms with Crippen LogP contribution in [0.4, 0.5) is 0 Å². The van der Waals surface area contributed by atoms with Gasteiger partial charge in [-0.15, -0.1) is 0 Å². The van der Waals surface area contributed by atoms with E-state index in [4.69, 9.17) is 25.8 Å². The predicted molar refractivity (Wildman–Crippen MR) is 103 cm³/mol. The molecule has 0 atom stereocenters. The van der Waals surface area contributed by atoms with E-state index in [0.29, 0.717) is 37.1 Å². The van der Waals surface area contributed by atoms with Gasteiger partial charge in [0.05, 0.1) is 23.7 Å². The molecular weight excluding hydrogens is 406 g/mol.